The molecule has 0 amide bonds. The summed E-state index contributed by atoms with van der Waals surface area (Å²) in [5.41, 5.74) is 2.78. The molecule has 0 saturated heterocycles. The summed E-state index contributed by atoms with van der Waals surface area (Å²) >= 11 is 0. The molecule has 2 N–H and O–H groups in total. The molecule has 2 aromatic rings. The van der Waals surface area contributed by atoms with Gasteiger partial charge in [0.2, 0.25) is 5.88 Å². The third-order valence-electron chi connectivity index (χ3n) is 7.69. The number of H-pyrrole nitrogens is 1. The van der Waals surface area contributed by atoms with Crippen molar-refractivity contribution in [2.24, 2.45) is 11.8 Å². The maximum atomic E-state index is 13.5. The predicted octanol–water partition coefficient (Wildman–Crippen LogP) is 5.91. The molecular formula is C31H42N4O7. The number of nitrogens with one attached hydrogen (secondary N) is 2. The van der Waals surface area contributed by atoms with Gasteiger partial charge in [-0.25, -0.2) is 9.59 Å². The first kappa shape index (κ1) is 32.4. The second kappa shape index (κ2) is 14.7. The van der Waals surface area contributed by atoms with E-state index in [1.165, 1.54) is 18.2 Å². The van der Waals surface area contributed by atoms with E-state index in [0.717, 1.165) is 12.1 Å². The molecule has 0 saturated carbocycles. The van der Waals surface area contributed by atoms with Crippen LogP contribution in [0.3, 0.4) is 0 Å². The highest BCUT2D eigenvalue weighted by Crippen LogP contribution is 2.40. The number of benzene rings is 1. The lowest BCUT2D eigenvalue weighted by Gasteiger charge is -2.30. The van der Waals surface area contributed by atoms with Crippen LogP contribution >= 0.6 is 0 Å². The SMILES string of the molecule is CCOC(=O)C1=C(C)NC(C)=C(C(=O)OCCC(C)C(C)CCOc2cc(C(C)C)[nH]n2)C1c1cccc([N+](=O)[O-])c1. The predicted molar refractivity (Wildman–Crippen MR) is 158 cm³/mol. The molecular weight excluding hydrogens is 540 g/mol. The quantitative estimate of drug-likeness (QED) is 0.158. The number of aromatic amines is 1. The fraction of sp³-hybridized carbons (Fsp3) is 0.516. The molecule has 228 valence electrons. The van der Waals surface area contributed by atoms with Crippen LogP contribution in [0.4, 0.5) is 5.69 Å². The second-order valence-electron chi connectivity index (χ2n) is 11.0. The first-order valence-corrected chi connectivity index (χ1v) is 14.4. The van der Waals surface area contributed by atoms with Gasteiger partial charge in [0.1, 0.15) is 0 Å². The van der Waals surface area contributed by atoms with Crippen molar-refractivity contribution < 1.29 is 28.7 Å². The van der Waals surface area contributed by atoms with Crippen LogP contribution in [0.25, 0.3) is 0 Å². The Morgan fingerprint density at radius 1 is 0.976 bits per heavy atom. The van der Waals surface area contributed by atoms with Gasteiger partial charge in [0, 0.05) is 35.3 Å². The molecule has 0 fully saturated rings. The van der Waals surface area contributed by atoms with E-state index in [-0.39, 0.29) is 36.0 Å². The lowest BCUT2D eigenvalue weighted by atomic mass is 9.80. The molecule has 0 radical (unpaired) electrons. The fourth-order valence-electron chi connectivity index (χ4n) is 4.92. The number of carbonyl (C=O) groups is 2. The summed E-state index contributed by atoms with van der Waals surface area (Å²) in [6, 6.07) is 7.86. The highest BCUT2D eigenvalue weighted by molar-refractivity contribution is 6.00. The normalized spacial score (nSPS) is 16.6. The number of nitro groups is 1. The van der Waals surface area contributed by atoms with Crippen LogP contribution in [0.2, 0.25) is 0 Å². The smallest absolute Gasteiger partial charge is 0.336 e. The number of esters is 2. The summed E-state index contributed by atoms with van der Waals surface area (Å²) in [6.45, 7) is 14.4. The Hall–Kier alpha value is -4.15. The number of hydrogen-bond acceptors (Lipinski definition) is 9. The van der Waals surface area contributed by atoms with E-state index in [4.69, 9.17) is 14.2 Å². The number of dihydropyridines is 1. The standard InChI is InChI=1S/C31H42N4O7/c1-8-40-30(36)27-21(6)32-22(7)28(29(27)23-10-9-11-24(16-23)35(38)39)31(37)42-15-13-20(5)19(4)12-14-41-26-17-25(18(2)3)33-34-26/h9-11,16-20,29,32H,8,12-15H2,1-7H3,(H,33,34). The zero-order valence-corrected chi connectivity index (χ0v) is 25.5. The van der Waals surface area contributed by atoms with E-state index in [1.807, 2.05) is 6.07 Å². The van der Waals surface area contributed by atoms with E-state index in [0.29, 0.717) is 47.7 Å². The molecule has 0 spiro atoms. The molecule has 11 heteroatoms. The van der Waals surface area contributed by atoms with Gasteiger partial charge in [-0.3, -0.25) is 15.2 Å². The van der Waals surface area contributed by atoms with Crippen LogP contribution in [0.15, 0.2) is 52.9 Å². The van der Waals surface area contributed by atoms with Gasteiger partial charge in [-0.1, -0.05) is 39.8 Å². The van der Waals surface area contributed by atoms with Crippen molar-refractivity contribution >= 4 is 17.6 Å². The van der Waals surface area contributed by atoms with Gasteiger partial charge < -0.3 is 19.5 Å². The summed E-state index contributed by atoms with van der Waals surface area (Å²) in [6.07, 6.45) is 1.45. The lowest BCUT2D eigenvalue weighted by Crippen LogP contribution is -2.32. The van der Waals surface area contributed by atoms with Gasteiger partial charge in [-0.05, 0) is 56.9 Å². The van der Waals surface area contributed by atoms with E-state index >= 15 is 0 Å². The number of allylic oxidation sites excluding steroid dienone is 2. The van der Waals surface area contributed by atoms with Crippen molar-refractivity contribution in [1.29, 1.82) is 0 Å². The van der Waals surface area contributed by atoms with Crippen molar-refractivity contribution in [1.82, 2.24) is 15.5 Å². The number of carbonyl (C=O) groups excluding carboxylic acids is 2. The zero-order chi connectivity index (χ0) is 31.0. The van der Waals surface area contributed by atoms with E-state index in [2.05, 4.69) is 43.2 Å². The Kier molecular flexibility index (Phi) is 11.3. The summed E-state index contributed by atoms with van der Waals surface area (Å²) in [5, 5.41) is 21.8. The topological polar surface area (TPSA) is 146 Å². The van der Waals surface area contributed by atoms with Gasteiger partial charge in [0.15, 0.2) is 0 Å². The number of nitro benzene ring substituents is 1. The highest BCUT2D eigenvalue weighted by Gasteiger charge is 2.38. The molecule has 0 bridgehead atoms. The minimum absolute atomic E-state index is 0.140. The summed E-state index contributed by atoms with van der Waals surface area (Å²) in [4.78, 5) is 37.5. The van der Waals surface area contributed by atoms with E-state index < -0.39 is 22.8 Å². The average Bonchev–Trinajstić information content (AvgIpc) is 3.42. The number of ether oxygens (including phenoxy) is 3. The molecule has 3 atom stereocenters. The number of rotatable bonds is 14. The molecule has 3 unspecified atom stereocenters. The van der Waals surface area contributed by atoms with Gasteiger partial charge in [0.05, 0.1) is 41.8 Å². The minimum Gasteiger partial charge on any atom is -0.477 e. The number of non-ortho nitro benzene ring substituents is 1. The molecule has 1 aromatic heterocycles. The Balaban J connectivity index is 1.68. The third-order valence-corrected chi connectivity index (χ3v) is 7.69. The van der Waals surface area contributed by atoms with Crippen molar-refractivity contribution in [2.45, 2.75) is 73.1 Å². The van der Waals surface area contributed by atoms with E-state index in [9.17, 15) is 19.7 Å². The Morgan fingerprint density at radius 2 is 1.60 bits per heavy atom. The monoisotopic (exact) mass is 582 g/mol. The molecule has 11 nitrogen and oxygen atoms in total. The Bertz CT molecular complexity index is 1340. The van der Waals surface area contributed by atoms with Crippen LogP contribution in [-0.4, -0.2) is 46.9 Å². The largest absolute Gasteiger partial charge is 0.477 e. The first-order valence-electron chi connectivity index (χ1n) is 14.4. The molecule has 3 rings (SSSR count). The summed E-state index contributed by atoms with van der Waals surface area (Å²) in [7, 11) is 0. The molecule has 1 aliphatic heterocycles. The lowest BCUT2D eigenvalue weighted by molar-refractivity contribution is -0.384. The van der Waals surface area contributed by atoms with Gasteiger partial charge >= 0.3 is 11.9 Å². The molecule has 0 aliphatic carbocycles. The average molecular weight is 583 g/mol. The molecule has 42 heavy (non-hydrogen) atoms. The Morgan fingerprint density at radius 3 is 2.17 bits per heavy atom. The number of hydrogen-bond donors (Lipinski definition) is 2. The van der Waals surface area contributed by atoms with Crippen molar-refractivity contribution in [3.05, 3.63) is 74.2 Å². The van der Waals surface area contributed by atoms with Gasteiger partial charge in [-0.2, -0.15) is 0 Å². The van der Waals surface area contributed by atoms with Crippen LogP contribution < -0.4 is 10.1 Å². The maximum Gasteiger partial charge on any atom is 0.336 e. The molecule has 1 aromatic carbocycles. The number of nitrogens with zero attached hydrogens (tertiary/aromatic N) is 2. The molecule has 1 aliphatic rings. The zero-order valence-electron chi connectivity index (χ0n) is 25.5. The van der Waals surface area contributed by atoms with Crippen LogP contribution in [-0.2, 0) is 19.1 Å². The Labute approximate surface area is 246 Å². The van der Waals surface area contributed by atoms with Crippen LogP contribution in [0, 0.1) is 22.0 Å². The van der Waals surface area contributed by atoms with E-state index in [1.54, 1.807) is 26.8 Å². The third kappa shape index (κ3) is 7.98. The van der Waals surface area contributed by atoms with Crippen molar-refractivity contribution in [2.75, 3.05) is 19.8 Å². The second-order valence-corrected chi connectivity index (χ2v) is 11.0. The first-order chi connectivity index (χ1) is 19.9. The maximum absolute atomic E-state index is 13.5. The van der Waals surface area contributed by atoms with Crippen LogP contribution in [0.1, 0.15) is 84.4 Å². The van der Waals surface area contributed by atoms with Gasteiger partial charge in [-0.15, -0.1) is 5.10 Å². The van der Waals surface area contributed by atoms with Crippen molar-refractivity contribution in [3.63, 3.8) is 0 Å². The highest BCUT2D eigenvalue weighted by atomic mass is 16.6. The molecule has 2 heterocycles. The minimum atomic E-state index is -0.885. The summed E-state index contributed by atoms with van der Waals surface area (Å²) in [5.74, 6) is -0.588. The van der Waals surface area contributed by atoms with Gasteiger partial charge in [0.25, 0.3) is 5.69 Å². The van der Waals surface area contributed by atoms with Crippen molar-refractivity contribution in [3.8, 4) is 5.88 Å². The summed E-state index contributed by atoms with van der Waals surface area (Å²) < 4.78 is 16.8. The van der Waals surface area contributed by atoms with Crippen LogP contribution in [0.5, 0.6) is 5.88 Å². The fourth-order valence-corrected chi connectivity index (χ4v) is 4.92. The number of aromatic nitrogens is 2.